The number of H-pyrrole nitrogens is 2. The lowest BCUT2D eigenvalue weighted by atomic mass is 10.2. The third-order valence-electron chi connectivity index (χ3n) is 2.93. The van der Waals surface area contributed by atoms with E-state index in [-0.39, 0.29) is 0 Å². The number of hydrogen-bond acceptors (Lipinski definition) is 5. The number of aromatic amines is 2. The van der Waals surface area contributed by atoms with Gasteiger partial charge in [0.15, 0.2) is 11.5 Å². The van der Waals surface area contributed by atoms with Gasteiger partial charge in [0.2, 0.25) is 9.54 Å². The highest BCUT2D eigenvalue weighted by molar-refractivity contribution is 7.72. The molecule has 0 spiro atoms. The van der Waals surface area contributed by atoms with E-state index in [1.165, 1.54) is 4.68 Å². The Morgan fingerprint density at radius 1 is 1.23 bits per heavy atom. The molecule has 0 aliphatic rings. The van der Waals surface area contributed by atoms with Gasteiger partial charge in [-0.25, -0.2) is 0 Å². The van der Waals surface area contributed by atoms with Crippen LogP contribution in [0.1, 0.15) is 25.3 Å². The van der Waals surface area contributed by atoms with Crippen LogP contribution in [0, 0.1) is 9.54 Å². The van der Waals surface area contributed by atoms with Crippen molar-refractivity contribution in [2.75, 3.05) is 13.7 Å². The normalized spacial score (nSPS) is 11.0. The zero-order chi connectivity index (χ0) is 15.9. The lowest BCUT2D eigenvalue weighted by Gasteiger charge is -2.10. The summed E-state index contributed by atoms with van der Waals surface area (Å²) in [6.07, 6.45) is 3.76. The molecule has 1 aromatic carbocycles. The molecule has 0 fully saturated rings. The van der Waals surface area contributed by atoms with E-state index in [0.717, 1.165) is 24.2 Å². The summed E-state index contributed by atoms with van der Waals surface area (Å²) in [6.45, 7) is 2.80. The molecule has 0 atom stereocenters. The molecule has 22 heavy (non-hydrogen) atoms. The molecule has 0 saturated heterocycles. The highest BCUT2D eigenvalue weighted by Crippen LogP contribution is 2.27. The van der Waals surface area contributed by atoms with Crippen molar-refractivity contribution in [1.82, 2.24) is 14.9 Å². The van der Waals surface area contributed by atoms with E-state index in [4.69, 9.17) is 33.9 Å². The van der Waals surface area contributed by atoms with Crippen molar-refractivity contribution in [2.45, 2.75) is 19.8 Å². The van der Waals surface area contributed by atoms with Gasteiger partial charge in [0.25, 0.3) is 0 Å². The molecule has 0 unspecified atom stereocenters. The zero-order valence-electron chi connectivity index (χ0n) is 12.5. The number of hydrogen-bond donors (Lipinski definition) is 2. The van der Waals surface area contributed by atoms with Gasteiger partial charge < -0.3 is 9.47 Å². The Hall–Kier alpha value is -1.93. The number of ether oxygens (including phenoxy) is 2. The van der Waals surface area contributed by atoms with Crippen LogP contribution >= 0.6 is 24.4 Å². The van der Waals surface area contributed by atoms with Crippen molar-refractivity contribution < 1.29 is 9.47 Å². The van der Waals surface area contributed by atoms with Gasteiger partial charge in [0.1, 0.15) is 0 Å². The number of nitrogens with one attached hydrogen (secondary N) is 2. The first kappa shape index (κ1) is 16.4. The predicted molar refractivity (Wildman–Crippen MR) is 91.2 cm³/mol. The molecule has 2 rings (SSSR count). The fourth-order valence-corrected chi connectivity index (χ4v) is 2.18. The highest BCUT2D eigenvalue weighted by Gasteiger charge is 2.05. The summed E-state index contributed by atoms with van der Waals surface area (Å²) in [5.74, 6) is 1.39. The molecule has 2 N–H and O–H groups in total. The summed E-state index contributed by atoms with van der Waals surface area (Å²) in [6, 6.07) is 5.62. The molecule has 0 radical (unpaired) electrons. The summed E-state index contributed by atoms with van der Waals surface area (Å²) >= 11 is 10.1. The van der Waals surface area contributed by atoms with Crippen LogP contribution in [-0.2, 0) is 0 Å². The maximum absolute atomic E-state index is 5.69. The Kier molecular flexibility index (Phi) is 5.91. The lowest BCUT2D eigenvalue weighted by molar-refractivity contribution is 0.288. The molecule has 1 aromatic heterocycles. The average Bonchev–Trinajstić information content (AvgIpc) is 2.85. The van der Waals surface area contributed by atoms with Crippen molar-refractivity contribution in [3.63, 3.8) is 0 Å². The molecule has 0 amide bonds. The maximum Gasteiger partial charge on any atom is 0.215 e. The number of nitrogens with zero attached hydrogens (tertiary/aromatic N) is 2. The number of rotatable bonds is 7. The Morgan fingerprint density at radius 3 is 2.59 bits per heavy atom. The van der Waals surface area contributed by atoms with E-state index in [0.29, 0.717) is 21.9 Å². The van der Waals surface area contributed by atoms with Crippen LogP contribution in [-0.4, -0.2) is 34.8 Å². The molecule has 0 aliphatic heterocycles. The van der Waals surface area contributed by atoms with Crippen LogP contribution in [0.25, 0.3) is 0 Å². The molecule has 8 heteroatoms. The lowest BCUT2D eigenvalue weighted by Crippen LogP contribution is -1.99. The minimum atomic E-state index is 0.410. The van der Waals surface area contributed by atoms with E-state index in [1.807, 2.05) is 18.2 Å². The second kappa shape index (κ2) is 7.90. The highest BCUT2D eigenvalue weighted by atomic mass is 32.1. The van der Waals surface area contributed by atoms with Crippen molar-refractivity contribution >= 4 is 30.7 Å². The van der Waals surface area contributed by atoms with Crippen LogP contribution in [0.3, 0.4) is 0 Å². The van der Waals surface area contributed by atoms with Gasteiger partial charge in [-0.15, -0.1) is 0 Å². The van der Waals surface area contributed by atoms with Crippen LogP contribution in [0.5, 0.6) is 11.5 Å². The molecule has 6 nitrogen and oxygen atoms in total. The molecule has 0 aliphatic carbocycles. The molecular weight excluding hydrogens is 320 g/mol. The average molecular weight is 338 g/mol. The first-order valence-corrected chi connectivity index (χ1v) is 7.72. The largest absolute Gasteiger partial charge is 0.493 e. The summed E-state index contributed by atoms with van der Waals surface area (Å²) in [4.78, 5) is 0. The van der Waals surface area contributed by atoms with Gasteiger partial charge in [-0.1, -0.05) is 13.3 Å². The minimum Gasteiger partial charge on any atom is -0.493 e. The number of aromatic nitrogens is 3. The molecular formula is C14H18N4O2S2. The monoisotopic (exact) mass is 338 g/mol. The van der Waals surface area contributed by atoms with Crippen LogP contribution in [0.15, 0.2) is 23.3 Å². The van der Waals surface area contributed by atoms with E-state index in [9.17, 15) is 0 Å². The molecule has 118 valence electrons. The van der Waals surface area contributed by atoms with Crippen molar-refractivity contribution in [2.24, 2.45) is 5.10 Å². The second-order valence-corrected chi connectivity index (χ2v) is 5.30. The predicted octanol–water partition coefficient (Wildman–Crippen LogP) is 3.67. The number of unbranched alkanes of at least 4 members (excludes halogenated alkanes) is 1. The summed E-state index contributed by atoms with van der Waals surface area (Å²) < 4.78 is 13.3. The SMILES string of the molecule is CCCCOc1ccc(/C=N\n2c(=S)[nH][nH]c2=S)cc1OC. The van der Waals surface area contributed by atoms with Gasteiger partial charge in [0, 0.05) is 0 Å². The Bertz CT molecular complexity index is 733. The quantitative estimate of drug-likeness (QED) is 0.459. The molecule has 0 bridgehead atoms. The van der Waals surface area contributed by atoms with Gasteiger partial charge in [0.05, 0.1) is 19.9 Å². The zero-order valence-corrected chi connectivity index (χ0v) is 14.1. The van der Waals surface area contributed by atoms with E-state index >= 15 is 0 Å². The summed E-state index contributed by atoms with van der Waals surface area (Å²) in [5, 5.41) is 9.69. The van der Waals surface area contributed by atoms with Crippen LogP contribution < -0.4 is 9.47 Å². The first-order valence-electron chi connectivity index (χ1n) is 6.90. The molecule has 2 aromatic rings. The Labute approximate surface area is 138 Å². The third kappa shape index (κ3) is 4.05. The van der Waals surface area contributed by atoms with Gasteiger partial charge in [-0.2, -0.15) is 9.78 Å². The van der Waals surface area contributed by atoms with Crippen LogP contribution in [0.4, 0.5) is 0 Å². The van der Waals surface area contributed by atoms with Crippen molar-refractivity contribution in [1.29, 1.82) is 0 Å². The fraction of sp³-hybridized carbons (Fsp3) is 0.357. The van der Waals surface area contributed by atoms with Crippen LogP contribution in [0.2, 0.25) is 0 Å². The van der Waals surface area contributed by atoms with E-state index < -0.39 is 0 Å². The smallest absolute Gasteiger partial charge is 0.215 e. The minimum absolute atomic E-state index is 0.410. The molecule has 0 saturated carbocycles. The Morgan fingerprint density at radius 2 is 1.95 bits per heavy atom. The summed E-state index contributed by atoms with van der Waals surface area (Å²) in [7, 11) is 1.61. The van der Waals surface area contributed by atoms with Crippen molar-refractivity contribution in [3.05, 3.63) is 33.3 Å². The van der Waals surface area contributed by atoms with Crippen molar-refractivity contribution in [3.8, 4) is 11.5 Å². The fourth-order valence-electron chi connectivity index (χ4n) is 1.74. The van der Waals surface area contributed by atoms with Gasteiger partial charge in [-0.3, -0.25) is 10.2 Å². The van der Waals surface area contributed by atoms with Gasteiger partial charge in [-0.05, 0) is 54.6 Å². The van der Waals surface area contributed by atoms with E-state index in [2.05, 4.69) is 22.2 Å². The third-order valence-corrected chi connectivity index (χ3v) is 3.48. The topological polar surface area (TPSA) is 67.3 Å². The number of methoxy groups -OCH3 is 1. The standard InChI is InChI=1S/C14H18N4O2S2/c1-3-4-7-20-11-6-5-10(8-12(11)19-2)9-15-18-13(21)16-17-14(18)22/h5-6,8-9H,3-4,7H2,1-2H3,(H,16,21)(H,17,22)/b15-9-. The second-order valence-electron chi connectivity index (χ2n) is 4.53. The van der Waals surface area contributed by atoms with E-state index in [1.54, 1.807) is 13.3 Å². The first-order chi connectivity index (χ1) is 10.7. The maximum atomic E-state index is 5.69. The molecule has 1 heterocycles. The Balaban J connectivity index is 2.19. The number of benzene rings is 1. The summed E-state index contributed by atoms with van der Waals surface area (Å²) in [5.41, 5.74) is 0.859. The van der Waals surface area contributed by atoms with Gasteiger partial charge >= 0.3 is 0 Å².